The van der Waals surface area contributed by atoms with Gasteiger partial charge in [-0.3, -0.25) is 4.79 Å². The van der Waals surface area contributed by atoms with Crippen LogP contribution in [0.25, 0.3) is 11.3 Å². The molecule has 1 aliphatic rings. The zero-order chi connectivity index (χ0) is 25.1. The summed E-state index contributed by atoms with van der Waals surface area (Å²) in [5, 5.41) is 2.78. The number of ether oxygens (including phenoxy) is 1. The van der Waals surface area contributed by atoms with Gasteiger partial charge in [-0.25, -0.2) is 19.7 Å². The molecule has 11 heteroatoms. The number of aromatic nitrogens is 3. The molecule has 0 aliphatic carbocycles. The van der Waals surface area contributed by atoms with Crippen molar-refractivity contribution in [2.75, 3.05) is 30.8 Å². The molecule has 3 heterocycles. The summed E-state index contributed by atoms with van der Waals surface area (Å²) in [7, 11) is -4.34. The Kier molecular flexibility index (Phi) is 6.99. The highest BCUT2D eigenvalue weighted by atomic mass is 32.2. The summed E-state index contributed by atoms with van der Waals surface area (Å²) < 4.78 is 33.0. The maximum absolute atomic E-state index is 13.1. The number of carbonyl (C=O) groups is 1. The maximum Gasteiger partial charge on any atom is 0.285 e. The number of nitrogens with one attached hydrogen (secondary N) is 2. The van der Waals surface area contributed by atoms with Gasteiger partial charge in [-0.1, -0.05) is 36.8 Å². The number of hydrogen-bond acceptors (Lipinski definition) is 9. The molecule has 0 spiro atoms. The number of benzene rings is 1. The number of carbonyl (C=O) groups excluding carboxylic acids is 1. The van der Waals surface area contributed by atoms with Crippen LogP contribution in [0.15, 0.2) is 53.8 Å². The lowest BCUT2D eigenvalue weighted by Gasteiger charge is -2.34. The molecule has 0 bridgehead atoms. The van der Waals surface area contributed by atoms with Crippen LogP contribution >= 0.6 is 0 Å². The Labute approximate surface area is 204 Å². The molecule has 184 valence electrons. The number of aryl methyl sites for hydroxylation is 1. The van der Waals surface area contributed by atoms with E-state index in [2.05, 4.69) is 27.2 Å². The molecule has 35 heavy (non-hydrogen) atoms. The van der Waals surface area contributed by atoms with Crippen LogP contribution in [0.3, 0.4) is 0 Å². The summed E-state index contributed by atoms with van der Waals surface area (Å²) in [5.41, 5.74) is 8.34. The number of pyridine rings is 1. The quantitative estimate of drug-likeness (QED) is 0.449. The molecule has 0 atom stereocenters. The van der Waals surface area contributed by atoms with Gasteiger partial charge in [0.05, 0.1) is 11.3 Å². The third-order valence-electron chi connectivity index (χ3n) is 6.04. The average molecular weight is 497 g/mol. The molecule has 3 aromatic rings. The molecular weight excluding hydrogens is 468 g/mol. The van der Waals surface area contributed by atoms with Crippen LogP contribution in [-0.4, -0.2) is 49.0 Å². The van der Waals surface area contributed by atoms with Crippen molar-refractivity contribution in [3.05, 3.63) is 59.9 Å². The lowest BCUT2D eigenvalue weighted by atomic mass is 9.82. The van der Waals surface area contributed by atoms with Crippen molar-refractivity contribution in [3.8, 4) is 11.3 Å². The molecule has 0 unspecified atom stereocenters. The number of hydrogen-bond donors (Lipinski definition) is 3. The van der Waals surface area contributed by atoms with Crippen molar-refractivity contribution in [1.29, 1.82) is 0 Å². The minimum absolute atomic E-state index is 0.0479. The van der Waals surface area contributed by atoms with Crippen LogP contribution < -0.4 is 15.8 Å². The van der Waals surface area contributed by atoms with Crippen LogP contribution in [0.1, 0.15) is 35.7 Å². The first-order valence-corrected chi connectivity index (χ1v) is 12.7. The smallest absolute Gasteiger partial charge is 0.285 e. The van der Waals surface area contributed by atoms with Gasteiger partial charge in [-0.05, 0) is 37.3 Å². The van der Waals surface area contributed by atoms with E-state index in [1.807, 2.05) is 35.9 Å². The van der Waals surface area contributed by atoms with Crippen LogP contribution in [0.5, 0.6) is 0 Å². The zero-order valence-corrected chi connectivity index (χ0v) is 20.4. The number of rotatable bonds is 7. The zero-order valence-electron chi connectivity index (χ0n) is 19.6. The maximum atomic E-state index is 13.1. The van der Waals surface area contributed by atoms with E-state index in [1.54, 1.807) is 12.1 Å². The van der Waals surface area contributed by atoms with Crippen LogP contribution in [-0.2, 0) is 14.8 Å². The van der Waals surface area contributed by atoms with Gasteiger partial charge in [-0.2, -0.15) is 8.42 Å². The predicted octanol–water partition coefficient (Wildman–Crippen LogP) is 2.78. The number of nitrogen functional groups attached to an aromatic ring is 1. The molecule has 1 amide bonds. The molecule has 1 fully saturated rings. The summed E-state index contributed by atoms with van der Waals surface area (Å²) in [6, 6.07) is 11.1. The third kappa shape index (κ3) is 5.75. The number of nitrogens with two attached hydrogens (primary N) is 1. The highest BCUT2D eigenvalue weighted by molar-refractivity contribution is 7.90. The van der Waals surface area contributed by atoms with Crippen molar-refractivity contribution in [3.63, 3.8) is 0 Å². The highest BCUT2D eigenvalue weighted by Crippen LogP contribution is 2.31. The van der Waals surface area contributed by atoms with Crippen LogP contribution in [0, 0.1) is 12.3 Å². The van der Waals surface area contributed by atoms with Crippen molar-refractivity contribution in [1.82, 2.24) is 19.7 Å². The number of anilines is 2. The van der Waals surface area contributed by atoms with Crippen LogP contribution in [0.4, 0.5) is 11.6 Å². The fourth-order valence-electron chi connectivity index (χ4n) is 3.77. The average Bonchev–Trinajstić information content (AvgIpc) is 2.83. The van der Waals surface area contributed by atoms with Crippen molar-refractivity contribution in [2.24, 2.45) is 5.41 Å². The molecule has 1 aliphatic heterocycles. The second-order valence-corrected chi connectivity index (χ2v) is 10.5. The van der Waals surface area contributed by atoms with E-state index in [1.165, 1.54) is 12.4 Å². The van der Waals surface area contributed by atoms with Crippen molar-refractivity contribution < 1.29 is 17.9 Å². The summed E-state index contributed by atoms with van der Waals surface area (Å²) in [6.07, 6.45) is 4.18. The van der Waals surface area contributed by atoms with E-state index in [9.17, 15) is 13.2 Å². The third-order valence-corrected chi connectivity index (χ3v) is 7.32. The Morgan fingerprint density at radius 2 is 1.77 bits per heavy atom. The topological polar surface area (TPSA) is 149 Å². The second kappa shape index (κ2) is 9.96. The Hall–Kier alpha value is -3.57. The summed E-state index contributed by atoms with van der Waals surface area (Å²) >= 11 is 0. The molecule has 4 N–H and O–H groups in total. The van der Waals surface area contributed by atoms with Crippen molar-refractivity contribution >= 4 is 27.6 Å². The SMILES string of the molecule is Cc1ccc(-c2ccc(C(=O)NS(=O)(=O)c3nccnc3N)c(NCC3(C)CCOCC3)n2)cc1. The van der Waals surface area contributed by atoms with Gasteiger partial charge in [0.2, 0.25) is 5.03 Å². The Morgan fingerprint density at radius 1 is 1.09 bits per heavy atom. The molecule has 1 aromatic carbocycles. The Morgan fingerprint density at radius 3 is 2.46 bits per heavy atom. The van der Waals surface area contributed by atoms with E-state index in [4.69, 9.17) is 10.5 Å². The number of sulfonamides is 1. The first kappa shape index (κ1) is 24.6. The lowest BCUT2D eigenvalue weighted by Crippen LogP contribution is -2.35. The van der Waals surface area contributed by atoms with Gasteiger partial charge in [0.25, 0.3) is 15.9 Å². The lowest BCUT2D eigenvalue weighted by molar-refractivity contribution is 0.0299. The molecule has 0 radical (unpaired) electrons. The number of amides is 1. The van der Waals surface area contributed by atoms with Crippen LogP contribution in [0.2, 0.25) is 0 Å². The monoisotopic (exact) mass is 496 g/mol. The largest absolute Gasteiger partial charge is 0.381 e. The van der Waals surface area contributed by atoms with Crippen molar-refractivity contribution in [2.45, 2.75) is 31.7 Å². The molecule has 4 rings (SSSR count). The molecular formula is C24H28N6O4S. The normalized spacial score (nSPS) is 15.4. The van der Waals surface area contributed by atoms with E-state index in [0.29, 0.717) is 25.5 Å². The highest BCUT2D eigenvalue weighted by Gasteiger charge is 2.29. The van der Waals surface area contributed by atoms with Gasteiger partial charge in [0.1, 0.15) is 5.82 Å². The van der Waals surface area contributed by atoms with E-state index >= 15 is 0 Å². The summed E-state index contributed by atoms with van der Waals surface area (Å²) in [4.78, 5) is 25.3. The van der Waals surface area contributed by atoms with Gasteiger partial charge in [-0.15, -0.1) is 0 Å². The Balaban J connectivity index is 1.65. The van der Waals surface area contributed by atoms with E-state index in [-0.39, 0.29) is 22.6 Å². The Bertz CT molecular complexity index is 1320. The minimum atomic E-state index is -4.34. The van der Waals surface area contributed by atoms with Gasteiger partial charge < -0.3 is 15.8 Å². The van der Waals surface area contributed by atoms with E-state index in [0.717, 1.165) is 24.0 Å². The first-order chi connectivity index (χ1) is 16.7. The van der Waals surface area contributed by atoms with E-state index < -0.39 is 21.0 Å². The standard InChI is InChI=1S/C24H28N6O4S/c1-16-3-5-17(6-4-16)19-8-7-18(21(29-19)28-15-24(2)9-13-34-14-10-24)22(31)30-35(32,33)23-20(25)26-11-12-27-23/h3-8,11-12H,9-10,13-15H2,1-2H3,(H2,25,26)(H,28,29)(H,30,31). The van der Waals surface area contributed by atoms with Gasteiger partial charge in [0, 0.05) is 37.7 Å². The fourth-order valence-corrected chi connectivity index (χ4v) is 4.75. The number of nitrogens with zero attached hydrogens (tertiary/aromatic N) is 3. The molecule has 10 nitrogen and oxygen atoms in total. The summed E-state index contributed by atoms with van der Waals surface area (Å²) in [5.74, 6) is -0.861. The molecule has 2 aromatic heterocycles. The second-order valence-electron chi connectivity index (χ2n) is 8.92. The minimum Gasteiger partial charge on any atom is -0.381 e. The molecule has 1 saturated heterocycles. The van der Waals surface area contributed by atoms with Gasteiger partial charge in [0.15, 0.2) is 5.82 Å². The van der Waals surface area contributed by atoms with Gasteiger partial charge >= 0.3 is 0 Å². The first-order valence-electron chi connectivity index (χ1n) is 11.2. The molecule has 0 saturated carbocycles. The predicted molar refractivity (Wildman–Crippen MR) is 132 cm³/mol. The summed E-state index contributed by atoms with van der Waals surface area (Å²) in [6.45, 7) is 6.02. The fraction of sp³-hybridized carbons (Fsp3) is 0.333.